The molecule has 0 amide bonds. The van der Waals surface area contributed by atoms with Crippen molar-refractivity contribution in [3.63, 3.8) is 0 Å². The van der Waals surface area contributed by atoms with Crippen LogP contribution < -0.4 is 0 Å². The number of Topliss-reactive ketones (excluding diaryl/α,β-unsaturated/α-hetero) is 1. The molecule has 0 radical (unpaired) electrons. The molecule has 5 heteroatoms. The molecule has 1 aromatic carbocycles. The molecule has 0 fully saturated rings. The van der Waals surface area contributed by atoms with Crippen LogP contribution in [0.3, 0.4) is 0 Å². The minimum Gasteiger partial charge on any atom is -0.505 e. The quantitative estimate of drug-likeness (QED) is 0.834. The van der Waals surface area contributed by atoms with Gasteiger partial charge < -0.3 is 5.11 Å². The zero-order valence-corrected chi connectivity index (χ0v) is 8.86. The molecule has 0 aromatic heterocycles. The van der Waals surface area contributed by atoms with Crippen molar-refractivity contribution < 1.29 is 18.7 Å². The number of rotatable bonds is 2. The van der Waals surface area contributed by atoms with Crippen LogP contribution in [-0.4, -0.2) is 10.9 Å². The fraction of sp³-hybridized carbons (Fsp3) is 0.222. The molecular weight excluding hydrogens is 258 g/mol. The molecule has 0 unspecified atom stereocenters. The van der Waals surface area contributed by atoms with Gasteiger partial charge in [-0.25, -0.2) is 4.39 Å². The summed E-state index contributed by atoms with van der Waals surface area (Å²) in [5.41, 5.74) is 0.0725. The second kappa shape index (κ2) is 4.04. The van der Waals surface area contributed by atoms with E-state index in [4.69, 9.17) is 5.11 Å². The normalized spacial score (nSPS) is 10.3. The van der Waals surface area contributed by atoms with E-state index in [1.54, 1.807) is 0 Å². The highest BCUT2D eigenvalue weighted by Gasteiger charge is 2.17. The number of benzene rings is 1. The first-order valence-electron chi connectivity index (χ1n) is 3.78. The van der Waals surface area contributed by atoms with Crippen molar-refractivity contribution in [1.82, 2.24) is 0 Å². The first-order valence-corrected chi connectivity index (χ1v) is 4.57. The second-order valence-corrected chi connectivity index (χ2v) is 3.73. The van der Waals surface area contributed by atoms with E-state index < -0.39 is 17.4 Å². The third-order valence-corrected chi connectivity index (χ3v) is 2.23. The van der Waals surface area contributed by atoms with Gasteiger partial charge in [0.25, 0.3) is 0 Å². The third-order valence-electron chi connectivity index (χ3n) is 1.65. The Morgan fingerprint density at radius 2 is 2.07 bits per heavy atom. The number of hydrogen-bond donors (Lipinski definition) is 1. The minimum absolute atomic E-state index is 0.0725. The molecule has 76 valence electrons. The average Bonchev–Trinajstić information content (AvgIpc) is 2.10. The number of carbonyl (C=O) groups is 1. The molecule has 0 saturated carbocycles. The lowest BCUT2D eigenvalue weighted by Crippen LogP contribution is -2.00. The highest BCUT2D eigenvalue weighted by atomic mass is 79.9. The van der Waals surface area contributed by atoms with Gasteiger partial charge in [-0.05, 0) is 28.9 Å². The van der Waals surface area contributed by atoms with Gasteiger partial charge in [-0.3, -0.25) is 4.79 Å². The molecule has 0 bridgehead atoms. The van der Waals surface area contributed by atoms with Gasteiger partial charge in [0.05, 0.1) is 4.47 Å². The summed E-state index contributed by atoms with van der Waals surface area (Å²) in [6.07, 6.45) is -0.123. The highest BCUT2D eigenvalue weighted by molar-refractivity contribution is 9.10. The van der Waals surface area contributed by atoms with Gasteiger partial charge in [-0.2, -0.15) is 4.39 Å². The second-order valence-electron chi connectivity index (χ2n) is 2.87. The standard InChI is InChI=1S/C9H7BrF2O2/c1-4(13)2-5-3-6(10)7(11)8(12)9(5)14/h3,14H,2H2,1H3. The highest BCUT2D eigenvalue weighted by Crippen LogP contribution is 2.29. The largest absolute Gasteiger partial charge is 0.505 e. The molecule has 0 saturated heterocycles. The molecule has 1 aromatic rings. The van der Waals surface area contributed by atoms with Crippen LogP contribution in [-0.2, 0) is 11.2 Å². The van der Waals surface area contributed by atoms with Crippen LogP contribution in [0.2, 0.25) is 0 Å². The van der Waals surface area contributed by atoms with E-state index in [0.29, 0.717) is 0 Å². The summed E-state index contributed by atoms with van der Waals surface area (Å²) in [7, 11) is 0. The Morgan fingerprint density at radius 1 is 1.50 bits per heavy atom. The molecular formula is C9H7BrF2O2. The Balaban J connectivity index is 3.25. The van der Waals surface area contributed by atoms with E-state index in [0.717, 1.165) is 0 Å². The van der Waals surface area contributed by atoms with Crippen LogP contribution in [0, 0.1) is 11.6 Å². The summed E-state index contributed by atoms with van der Waals surface area (Å²) in [6.45, 7) is 1.30. The van der Waals surface area contributed by atoms with E-state index in [1.165, 1.54) is 13.0 Å². The number of carbonyl (C=O) groups excluding carboxylic acids is 1. The summed E-state index contributed by atoms with van der Waals surface area (Å²) in [6, 6.07) is 1.19. The van der Waals surface area contributed by atoms with Gasteiger partial charge in [0.2, 0.25) is 5.82 Å². The zero-order chi connectivity index (χ0) is 10.9. The number of halogens is 3. The molecule has 0 aliphatic carbocycles. The smallest absolute Gasteiger partial charge is 0.201 e. The van der Waals surface area contributed by atoms with Crippen LogP contribution in [0.4, 0.5) is 8.78 Å². The Morgan fingerprint density at radius 3 is 2.57 bits per heavy atom. The molecule has 0 heterocycles. The number of phenolic OH excluding ortho intramolecular Hbond substituents is 1. The summed E-state index contributed by atoms with van der Waals surface area (Å²) in [4.78, 5) is 10.7. The number of hydrogen-bond acceptors (Lipinski definition) is 2. The number of aromatic hydroxyl groups is 1. The lowest BCUT2D eigenvalue weighted by molar-refractivity contribution is -0.116. The van der Waals surface area contributed by atoms with Crippen molar-refractivity contribution in [3.05, 3.63) is 27.7 Å². The van der Waals surface area contributed by atoms with Crippen molar-refractivity contribution >= 4 is 21.7 Å². The van der Waals surface area contributed by atoms with Crippen LogP contribution in [0.25, 0.3) is 0 Å². The molecule has 0 aliphatic heterocycles. The van der Waals surface area contributed by atoms with Crippen molar-refractivity contribution in [2.75, 3.05) is 0 Å². The van der Waals surface area contributed by atoms with Crippen LogP contribution in [0.5, 0.6) is 5.75 Å². The van der Waals surface area contributed by atoms with Crippen LogP contribution in [0.15, 0.2) is 10.5 Å². The summed E-state index contributed by atoms with van der Waals surface area (Å²) in [5.74, 6) is -3.54. The summed E-state index contributed by atoms with van der Waals surface area (Å²) >= 11 is 2.78. The van der Waals surface area contributed by atoms with Gasteiger partial charge in [0, 0.05) is 12.0 Å². The number of ketones is 1. The monoisotopic (exact) mass is 264 g/mol. The minimum atomic E-state index is -1.34. The van der Waals surface area contributed by atoms with Crippen molar-refractivity contribution in [2.24, 2.45) is 0 Å². The number of phenols is 1. The average molecular weight is 265 g/mol. The van der Waals surface area contributed by atoms with E-state index >= 15 is 0 Å². The first kappa shape index (κ1) is 11.1. The molecule has 2 nitrogen and oxygen atoms in total. The zero-order valence-electron chi connectivity index (χ0n) is 7.27. The SMILES string of the molecule is CC(=O)Cc1cc(Br)c(F)c(F)c1O. The van der Waals surface area contributed by atoms with Crippen molar-refractivity contribution in [1.29, 1.82) is 0 Å². The van der Waals surface area contributed by atoms with Crippen LogP contribution in [0.1, 0.15) is 12.5 Å². The van der Waals surface area contributed by atoms with E-state index in [-0.39, 0.29) is 22.2 Å². The fourth-order valence-electron chi connectivity index (χ4n) is 1.04. The van der Waals surface area contributed by atoms with Crippen LogP contribution >= 0.6 is 15.9 Å². The van der Waals surface area contributed by atoms with E-state index in [9.17, 15) is 13.6 Å². The molecule has 1 rings (SSSR count). The van der Waals surface area contributed by atoms with Crippen molar-refractivity contribution in [3.8, 4) is 5.75 Å². The first-order chi connectivity index (χ1) is 6.43. The van der Waals surface area contributed by atoms with Gasteiger partial charge in [-0.15, -0.1) is 0 Å². The fourth-order valence-corrected chi connectivity index (χ4v) is 1.49. The molecule has 0 aliphatic rings. The summed E-state index contributed by atoms with van der Waals surface area (Å²) in [5, 5.41) is 9.16. The third kappa shape index (κ3) is 2.09. The van der Waals surface area contributed by atoms with Gasteiger partial charge in [0.1, 0.15) is 5.78 Å². The predicted molar refractivity (Wildman–Crippen MR) is 50.1 cm³/mol. The Bertz CT molecular complexity index is 391. The molecule has 0 spiro atoms. The molecule has 1 N–H and O–H groups in total. The lowest BCUT2D eigenvalue weighted by Gasteiger charge is -2.05. The van der Waals surface area contributed by atoms with Crippen molar-refractivity contribution in [2.45, 2.75) is 13.3 Å². The maximum Gasteiger partial charge on any atom is 0.201 e. The maximum absolute atomic E-state index is 12.9. The summed E-state index contributed by atoms with van der Waals surface area (Å²) < 4.78 is 25.7. The Kier molecular flexibility index (Phi) is 3.21. The topological polar surface area (TPSA) is 37.3 Å². The maximum atomic E-state index is 12.9. The lowest BCUT2D eigenvalue weighted by atomic mass is 10.1. The van der Waals surface area contributed by atoms with Gasteiger partial charge in [0.15, 0.2) is 11.6 Å². The predicted octanol–water partition coefficient (Wildman–Crippen LogP) is 2.56. The molecule has 0 atom stereocenters. The van der Waals surface area contributed by atoms with E-state index in [2.05, 4.69) is 15.9 Å². The Labute approximate surface area is 87.7 Å². The van der Waals surface area contributed by atoms with Gasteiger partial charge in [-0.1, -0.05) is 0 Å². The van der Waals surface area contributed by atoms with E-state index in [1.807, 2.05) is 0 Å². The molecule has 14 heavy (non-hydrogen) atoms. The Hall–Kier alpha value is -0.970. The van der Waals surface area contributed by atoms with Gasteiger partial charge >= 0.3 is 0 Å².